The number of carbonyl (C=O) groups is 1. The van der Waals surface area contributed by atoms with Gasteiger partial charge in [-0.2, -0.15) is 0 Å². The maximum Gasteiger partial charge on any atom is 0.225 e. The topological polar surface area (TPSA) is 68.8 Å². The third-order valence-electron chi connectivity index (χ3n) is 3.39. The Hall–Kier alpha value is -1.66. The Kier molecular flexibility index (Phi) is 6.58. The molecule has 1 amide bonds. The Labute approximate surface area is 130 Å². The van der Waals surface area contributed by atoms with Gasteiger partial charge in [-0.3, -0.25) is 4.79 Å². The molecule has 0 aliphatic carbocycles. The van der Waals surface area contributed by atoms with Gasteiger partial charge in [0, 0.05) is 31.3 Å². The SMILES string of the molecule is COc1cc(OC)c(OC)cc1CNC(=O)C1CNC1.Cl. The van der Waals surface area contributed by atoms with Crippen LogP contribution in [0.1, 0.15) is 5.56 Å². The molecule has 1 aliphatic heterocycles. The monoisotopic (exact) mass is 316 g/mol. The molecular formula is C14H21ClN2O4. The van der Waals surface area contributed by atoms with Gasteiger partial charge in [-0.15, -0.1) is 12.4 Å². The number of methoxy groups -OCH3 is 3. The predicted octanol–water partition coefficient (Wildman–Crippen LogP) is 0.970. The molecule has 0 bridgehead atoms. The zero-order valence-corrected chi connectivity index (χ0v) is 13.2. The van der Waals surface area contributed by atoms with Crippen LogP contribution < -0.4 is 24.8 Å². The lowest BCUT2D eigenvalue weighted by Gasteiger charge is -2.26. The lowest BCUT2D eigenvalue weighted by atomic mass is 10.0. The third kappa shape index (κ3) is 3.92. The molecule has 1 fully saturated rings. The van der Waals surface area contributed by atoms with Gasteiger partial charge in [0.15, 0.2) is 11.5 Å². The van der Waals surface area contributed by atoms with E-state index in [4.69, 9.17) is 14.2 Å². The fourth-order valence-electron chi connectivity index (χ4n) is 2.03. The lowest BCUT2D eigenvalue weighted by molar-refractivity contribution is -0.126. The van der Waals surface area contributed by atoms with E-state index < -0.39 is 0 Å². The molecule has 2 N–H and O–H groups in total. The van der Waals surface area contributed by atoms with Crippen molar-refractivity contribution in [1.82, 2.24) is 10.6 Å². The van der Waals surface area contributed by atoms with Crippen LogP contribution in [0, 0.1) is 5.92 Å². The Balaban J connectivity index is 0.00000220. The van der Waals surface area contributed by atoms with E-state index in [1.54, 1.807) is 27.4 Å². The van der Waals surface area contributed by atoms with Gasteiger partial charge in [-0.1, -0.05) is 0 Å². The minimum atomic E-state index is 0. The zero-order chi connectivity index (χ0) is 14.5. The van der Waals surface area contributed by atoms with Gasteiger partial charge in [0.2, 0.25) is 5.91 Å². The largest absolute Gasteiger partial charge is 0.496 e. The van der Waals surface area contributed by atoms with Crippen LogP contribution in [0.2, 0.25) is 0 Å². The van der Waals surface area contributed by atoms with E-state index in [1.807, 2.05) is 6.07 Å². The summed E-state index contributed by atoms with van der Waals surface area (Å²) in [6.45, 7) is 1.89. The van der Waals surface area contributed by atoms with Crippen molar-refractivity contribution in [2.75, 3.05) is 34.4 Å². The molecule has 1 aromatic rings. The smallest absolute Gasteiger partial charge is 0.225 e. The first-order valence-corrected chi connectivity index (χ1v) is 6.47. The molecule has 0 saturated carbocycles. The number of carbonyl (C=O) groups excluding carboxylic acids is 1. The molecule has 1 saturated heterocycles. The Bertz CT molecular complexity index is 492. The first kappa shape index (κ1) is 17.4. The third-order valence-corrected chi connectivity index (χ3v) is 3.39. The summed E-state index contributed by atoms with van der Waals surface area (Å²) in [5.41, 5.74) is 0.853. The summed E-state index contributed by atoms with van der Waals surface area (Å²) >= 11 is 0. The first-order valence-electron chi connectivity index (χ1n) is 6.47. The predicted molar refractivity (Wildman–Crippen MR) is 81.6 cm³/mol. The van der Waals surface area contributed by atoms with Gasteiger partial charge < -0.3 is 24.8 Å². The molecule has 0 atom stereocenters. The van der Waals surface area contributed by atoms with Crippen LogP contribution >= 0.6 is 12.4 Å². The van der Waals surface area contributed by atoms with E-state index in [2.05, 4.69) is 10.6 Å². The van der Waals surface area contributed by atoms with Crippen LogP contribution in [-0.2, 0) is 11.3 Å². The Morgan fingerprint density at radius 3 is 2.19 bits per heavy atom. The molecule has 7 heteroatoms. The zero-order valence-electron chi connectivity index (χ0n) is 12.4. The number of ether oxygens (including phenoxy) is 3. The van der Waals surface area contributed by atoms with Gasteiger partial charge in [0.1, 0.15) is 5.75 Å². The highest BCUT2D eigenvalue weighted by Gasteiger charge is 2.24. The van der Waals surface area contributed by atoms with Crippen LogP contribution in [0.25, 0.3) is 0 Å². The molecule has 0 unspecified atom stereocenters. The summed E-state index contributed by atoms with van der Waals surface area (Å²) in [6.07, 6.45) is 0. The van der Waals surface area contributed by atoms with Crippen LogP contribution in [-0.4, -0.2) is 40.3 Å². The van der Waals surface area contributed by atoms with Crippen molar-refractivity contribution >= 4 is 18.3 Å². The van der Waals surface area contributed by atoms with E-state index >= 15 is 0 Å². The highest BCUT2D eigenvalue weighted by atomic mass is 35.5. The minimum absolute atomic E-state index is 0. The van der Waals surface area contributed by atoms with Crippen molar-refractivity contribution in [3.05, 3.63) is 17.7 Å². The van der Waals surface area contributed by atoms with E-state index in [1.165, 1.54) is 0 Å². The summed E-state index contributed by atoms with van der Waals surface area (Å²) in [4.78, 5) is 11.8. The highest BCUT2D eigenvalue weighted by Crippen LogP contribution is 2.34. The van der Waals surface area contributed by atoms with Crippen molar-refractivity contribution in [1.29, 1.82) is 0 Å². The molecule has 0 spiro atoms. The van der Waals surface area contributed by atoms with Crippen molar-refractivity contribution in [2.45, 2.75) is 6.54 Å². The molecule has 21 heavy (non-hydrogen) atoms. The van der Waals surface area contributed by atoms with Gasteiger partial charge in [0.05, 0.1) is 27.2 Å². The number of nitrogens with one attached hydrogen (secondary N) is 2. The second-order valence-electron chi connectivity index (χ2n) is 4.59. The molecule has 118 valence electrons. The molecule has 0 aromatic heterocycles. The number of benzene rings is 1. The summed E-state index contributed by atoms with van der Waals surface area (Å²) in [6, 6.07) is 3.57. The van der Waals surface area contributed by atoms with E-state index in [9.17, 15) is 4.79 Å². The molecule has 1 heterocycles. The van der Waals surface area contributed by atoms with E-state index in [-0.39, 0.29) is 24.2 Å². The number of rotatable bonds is 6. The summed E-state index contributed by atoms with van der Waals surface area (Å²) in [5, 5.41) is 5.98. The Morgan fingerprint density at radius 2 is 1.71 bits per heavy atom. The molecule has 0 radical (unpaired) electrons. The molecule has 6 nitrogen and oxygen atoms in total. The summed E-state index contributed by atoms with van der Waals surface area (Å²) in [5.74, 6) is 2.00. The maximum atomic E-state index is 11.8. The van der Waals surface area contributed by atoms with E-state index in [0.717, 1.165) is 18.7 Å². The molecule has 1 aromatic carbocycles. The summed E-state index contributed by atoms with van der Waals surface area (Å²) in [7, 11) is 4.73. The van der Waals surface area contributed by atoms with E-state index in [0.29, 0.717) is 23.8 Å². The number of halogens is 1. The molecular weight excluding hydrogens is 296 g/mol. The normalized spacial score (nSPS) is 13.7. The first-order chi connectivity index (χ1) is 9.69. The van der Waals surface area contributed by atoms with Crippen LogP contribution in [0.3, 0.4) is 0 Å². The van der Waals surface area contributed by atoms with Crippen molar-refractivity contribution in [3.8, 4) is 17.2 Å². The Morgan fingerprint density at radius 1 is 1.14 bits per heavy atom. The second-order valence-corrected chi connectivity index (χ2v) is 4.59. The standard InChI is InChI=1S/C14H20N2O4.ClH/c1-18-11-5-13(20-3)12(19-2)4-9(11)8-16-14(17)10-6-15-7-10;/h4-5,10,15H,6-8H2,1-3H3,(H,16,17);1H. The minimum Gasteiger partial charge on any atom is -0.496 e. The van der Waals surface area contributed by atoms with Crippen molar-refractivity contribution in [2.24, 2.45) is 5.92 Å². The van der Waals surface area contributed by atoms with Crippen LogP contribution in [0.5, 0.6) is 17.2 Å². The maximum absolute atomic E-state index is 11.8. The van der Waals surface area contributed by atoms with Crippen molar-refractivity contribution in [3.63, 3.8) is 0 Å². The highest BCUT2D eigenvalue weighted by molar-refractivity contribution is 5.85. The average molecular weight is 317 g/mol. The second kappa shape index (κ2) is 7.95. The van der Waals surface area contributed by atoms with Gasteiger partial charge in [0.25, 0.3) is 0 Å². The number of amides is 1. The van der Waals surface area contributed by atoms with Crippen LogP contribution in [0.15, 0.2) is 12.1 Å². The molecule has 2 rings (SSSR count). The lowest BCUT2D eigenvalue weighted by Crippen LogP contribution is -2.50. The van der Waals surface area contributed by atoms with Gasteiger partial charge in [-0.25, -0.2) is 0 Å². The fraction of sp³-hybridized carbons (Fsp3) is 0.500. The molecule has 1 aliphatic rings. The quantitative estimate of drug-likeness (QED) is 0.818. The number of hydrogen-bond acceptors (Lipinski definition) is 5. The van der Waals surface area contributed by atoms with Crippen molar-refractivity contribution < 1.29 is 19.0 Å². The van der Waals surface area contributed by atoms with Crippen LogP contribution in [0.4, 0.5) is 0 Å². The fourth-order valence-corrected chi connectivity index (χ4v) is 2.03. The summed E-state index contributed by atoms with van der Waals surface area (Å²) < 4.78 is 15.8. The average Bonchev–Trinajstić information content (AvgIpc) is 2.42. The van der Waals surface area contributed by atoms with Gasteiger partial charge >= 0.3 is 0 Å². The van der Waals surface area contributed by atoms with Gasteiger partial charge in [-0.05, 0) is 6.07 Å². The number of hydrogen-bond donors (Lipinski definition) is 2.